The van der Waals surface area contributed by atoms with E-state index in [0.717, 1.165) is 58.5 Å². The van der Waals surface area contributed by atoms with Crippen LogP contribution in [0, 0.1) is 11.8 Å². The fourth-order valence-corrected chi connectivity index (χ4v) is 5.70. The van der Waals surface area contributed by atoms with E-state index in [0.29, 0.717) is 18.3 Å². The lowest BCUT2D eigenvalue weighted by Crippen LogP contribution is -2.55. The summed E-state index contributed by atoms with van der Waals surface area (Å²) in [6.45, 7) is 6.02. The second-order valence-corrected chi connectivity index (χ2v) is 9.18. The van der Waals surface area contributed by atoms with Crippen LogP contribution in [-0.4, -0.2) is 84.2 Å². The Bertz CT molecular complexity index is 600. The molecule has 5 nitrogen and oxygen atoms in total. The molecule has 3 aliphatic rings. The number of nitrogens with zero attached hydrogens (tertiary/aromatic N) is 3. The maximum atomic E-state index is 12.6. The molecule has 3 fully saturated rings. The number of aliphatic hydroxyl groups is 1. The average molecular weight is 378 g/mol. The van der Waals surface area contributed by atoms with Crippen LogP contribution in [0.2, 0.25) is 0 Å². The highest BCUT2D eigenvalue weighted by Crippen LogP contribution is 2.38. The molecule has 26 heavy (non-hydrogen) atoms. The molecule has 0 spiro atoms. The van der Waals surface area contributed by atoms with Crippen molar-refractivity contribution in [1.82, 2.24) is 14.7 Å². The van der Waals surface area contributed by atoms with Crippen LogP contribution in [0.25, 0.3) is 0 Å². The van der Waals surface area contributed by atoms with Gasteiger partial charge in [0.1, 0.15) is 0 Å². The molecule has 1 amide bonds. The molecule has 4 rings (SSSR count). The van der Waals surface area contributed by atoms with Crippen LogP contribution in [-0.2, 0) is 11.2 Å². The van der Waals surface area contributed by atoms with Crippen molar-refractivity contribution < 1.29 is 9.90 Å². The number of piperazine rings is 1. The first kappa shape index (κ1) is 18.4. The van der Waals surface area contributed by atoms with Crippen molar-refractivity contribution in [2.45, 2.75) is 37.8 Å². The Kier molecular flexibility index (Phi) is 5.64. The third-order valence-corrected chi connectivity index (χ3v) is 7.41. The molecule has 144 valence electrons. The molecular formula is C20H31N3O2S. The molecule has 4 atom stereocenters. The molecule has 2 aliphatic heterocycles. The zero-order valence-electron chi connectivity index (χ0n) is 15.7. The van der Waals surface area contributed by atoms with Crippen molar-refractivity contribution in [2.75, 3.05) is 46.3 Å². The SMILES string of the molecule is CN1CCN([C@@H]2C[C@@H]3CN(C(=O)CCc4ccsc4)C[C@@H]3C[C@H]2O)CC1. The molecule has 0 unspecified atom stereocenters. The lowest BCUT2D eigenvalue weighted by atomic mass is 9.77. The summed E-state index contributed by atoms with van der Waals surface area (Å²) in [6.07, 6.45) is 3.13. The van der Waals surface area contributed by atoms with E-state index in [9.17, 15) is 9.90 Å². The summed E-state index contributed by atoms with van der Waals surface area (Å²) in [7, 11) is 2.17. The Morgan fingerprint density at radius 3 is 2.62 bits per heavy atom. The van der Waals surface area contributed by atoms with Gasteiger partial charge in [-0.25, -0.2) is 0 Å². The molecule has 0 aromatic carbocycles. The van der Waals surface area contributed by atoms with Crippen molar-refractivity contribution in [3.63, 3.8) is 0 Å². The third-order valence-electron chi connectivity index (χ3n) is 6.68. The van der Waals surface area contributed by atoms with Gasteiger partial charge in [0.2, 0.25) is 5.91 Å². The highest BCUT2D eigenvalue weighted by Gasteiger charge is 2.44. The minimum atomic E-state index is -0.236. The number of likely N-dealkylation sites (N-methyl/N-ethyl adjacent to an activating group) is 1. The van der Waals surface area contributed by atoms with E-state index in [2.05, 4.69) is 38.6 Å². The van der Waals surface area contributed by atoms with Crippen molar-refractivity contribution in [3.05, 3.63) is 22.4 Å². The number of amides is 1. The number of hydrogen-bond acceptors (Lipinski definition) is 5. The van der Waals surface area contributed by atoms with E-state index in [1.54, 1.807) is 11.3 Å². The summed E-state index contributed by atoms with van der Waals surface area (Å²) in [6, 6.07) is 2.39. The maximum Gasteiger partial charge on any atom is 0.222 e. The summed E-state index contributed by atoms with van der Waals surface area (Å²) < 4.78 is 0. The molecule has 1 saturated carbocycles. The van der Waals surface area contributed by atoms with Crippen LogP contribution in [0.15, 0.2) is 16.8 Å². The van der Waals surface area contributed by atoms with Gasteiger partial charge in [-0.1, -0.05) is 0 Å². The van der Waals surface area contributed by atoms with E-state index in [4.69, 9.17) is 0 Å². The van der Waals surface area contributed by atoms with Crippen molar-refractivity contribution in [1.29, 1.82) is 0 Å². The lowest BCUT2D eigenvalue weighted by Gasteiger charge is -2.44. The molecule has 1 aliphatic carbocycles. The van der Waals surface area contributed by atoms with E-state index in [1.807, 2.05) is 0 Å². The molecule has 0 radical (unpaired) electrons. The average Bonchev–Trinajstić information content (AvgIpc) is 3.29. The van der Waals surface area contributed by atoms with Gasteiger partial charge in [-0.3, -0.25) is 9.69 Å². The topological polar surface area (TPSA) is 47.0 Å². The molecule has 1 aromatic rings. The smallest absolute Gasteiger partial charge is 0.222 e. The summed E-state index contributed by atoms with van der Waals surface area (Å²) >= 11 is 1.69. The summed E-state index contributed by atoms with van der Waals surface area (Å²) in [4.78, 5) is 19.6. The molecular weight excluding hydrogens is 346 g/mol. The Labute approximate surface area is 160 Å². The number of carbonyl (C=O) groups excluding carboxylic acids is 1. The number of thiophene rings is 1. The molecule has 1 aromatic heterocycles. The number of rotatable bonds is 4. The van der Waals surface area contributed by atoms with Crippen LogP contribution < -0.4 is 0 Å². The quantitative estimate of drug-likeness (QED) is 0.864. The second kappa shape index (κ2) is 7.97. The Morgan fingerprint density at radius 2 is 1.92 bits per heavy atom. The van der Waals surface area contributed by atoms with Gasteiger partial charge in [0.15, 0.2) is 0 Å². The van der Waals surface area contributed by atoms with Gasteiger partial charge in [-0.05, 0) is 60.5 Å². The van der Waals surface area contributed by atoms with Gasteiger partial charge in [0.05, 0.1) is 6.10 Å². The Hall–Kier alpha value is -0.950. The first-order valence-electron chi connectivity index (χ1n) is 9.99. The number of aliphatic hydroxyl groups excluding tert-OH is 1. The normalized spacial score (nSPS) is 33.4. The number of fused-ring (bicyclic) bond motifs is 1. The van der Waals surface area contributed by atoms with Gasteiger partial charge in [-0.2, -0.15) is 11.3 Å². The Morgan fingerprint density at radius 1 is 1.19 bits per heavy atom. The van der Waals surface area contributed by atoms with Crippen molar-refractivity contribution in [2.24, 2.45) is 11.8 Å². The minimum absolute atomic E-state index is 0.236. The van der Waals surface area contributed by atoms with Gasteiger partial charge in [-0.15, -0.1) is 0 Å². The van der Waals surface area contributed by atoms with Crippen LogP contribution in [0.3, 0.4) is 0 Å². The predicted octanol–water partition coefficient (Wildman–Crippen LogP) is 1.53. The first-order chi connectivity index (χ1) is 12.6. The van der Waals surface area contributed by atoms with E-state index < -0.39 is 0 Å². The standard InChI is InChI=1S/C20H31N3O2S/c1-21-5-7-22(8-6-21)18-10-16-12-23(13-17(16)11-19(18)24)20(25)3-2-15-4-9-26-14-15/h4,9,14,16-19,24H,2-3,5-8,10-13H2,1H3/t16-,17+,18-,19-/m1/s1. The predicted molar refractivity (Wildman–Crippen MR) is 104 cm³/mol. The number of aryl methyl sites for hydroxylation is 1. The van der Waals surface area contributed by atoms with E-state index in [1.165, 1.54) is 5.56 Å². The number of hydrogen-bond donors (Lipinski definition) is 1. The number of carbonyl (C=O) groups is 1. The lowest BCUT2D eigenvalue weighted by molar-refractivity contribution is -0.130. The molecule has 1 N–H and O–H groups in total. The largest absolute Gasteiger partial charge is 0.391 e. The molecule has 3 heterocycles. The third kappa shape index (κ3) is 3.98. The summed E-state index contributed by atoms with van der Waals surface area (Å²) in [5.74, 6) is 1.34. The highest BCUT2D eigenvalue weighted by molar-refractivity contribution is 7.07. The van der Waals surface area contributed by atoms with E-state index in [-0.39, 0.29) is 18.1 Å². The second-order valence-electron chi connectivity index (χ2n) is 8.40. The van der Waals surface area contributed by atoms with E-state index >= 15 is 0 Å². The highest BCUT2D eigenvalue weighted by atomic mass is 32.1. The molecule has 2 saturated heterocycles. The van der Waals surface area contributed by atoms with Crippen LogP contribution in [0.1, 0.15) is 24.8 Å². The summed E-state index contributed by atoms with van der Waals surface area (Å²) in [5.41, 5.74) is 1.27. The minimum Gasteiger partial charge on any atom is -0.391 e. The maximum absolute atomic E-state index is 12.6. The van der Waals surface area contributed by atoms with Gasteiger partial charge in [0, 0.05) is 51.7 Å². The van der Waals surface area contributed by atoms with Gasteiger partial charge < -0.3 is 14.9 Å². The molecule has 6 heteroatoms. The van der Waals surface area contributed by atoms with Crippen LogP contribution >= 0.6 is 11.3 Å². The van der Waals surface area contributed by atoms with Crippen LogP contribution in [0.5, 0.6) is 0 Å². The zero-order chi connectivity index (χ0) is 18.1. The van der Waals surface area contributed by atoms with Gasteiger partial charge in [0.25, 0.3) is 0 Å². The van der Waals surface area contributed by atoms with Crippen molar-refractivity contribution >= 4 is 17.2 Å². The van der Waals surface area contributed by atoms with Gasteiger partial charge >= 0.3 is 0 Å². The number of likely N-dealkylation sites (tertiary alicyclic amines) is 1. The monoisotopic (exact) mass is 377 g/mol. The van der Waals surface area contributed by atoms with Crippen molar-refractivity contribution in [3.8, 4) is 0 Å². The fraction of sp³-hybridized carbons (Fsp3) is 0.750. The molecule has 0 bridgehead atoms. The first-order valence-corrected chi connectivity index (χ1v) is 10.9. The fourth-order valence-electron chi connectivity index (χ4n) is 5.00. The zero-order valence-corrected chi connectivity index (χ0v) is 16.5. The van der Waals surface area contributed by atoms with Crippen LogP contribution in [0.4, 0.5) is 0 Å². The summed E-state index contributed by atoms with van der Waals surface area (Å²) in [5, 5.41) is 14.9. The Balaban J connectivity index is 1.31.